The molecule has 3 nitrogen and oxygen atoms in total. The fourth-order valence-corrected chi connectivity index (χ4v) is 3.76. The van der Waals surface area contributed by atoms with Crippen LogP contribution in [0.3, 0.4) is 0 Å². The van der Waals surface area contributed by atoms with E-state index in [0.717, 1.165) is 12.5 Å². The lowest BCUT2D eigenvalue weighted by Crippen LogP contribution is -2.13. The number of hydrogen-bond acceptors (Lipinski definition) is 2. The van der Waals surface area contributed by atoms with Crippen molar-refractivity contribution < 1.29 is 0 Å². The van der Waals surface area contributed by atoms with Crippen molar-refractivity contribution >= 4 is 0 Å². The summed E-state index contributed by atoms with van der Waals surface area (Å²) in [6, 6.07) is 0. The Balaban J connectivity index is 1.86. The van der Waals surface area contributed by atoms with E-state index in [9.17, 15) is 0 Å². The Morgan fingerprint density at radius 2 is 1.89 bits per heavy atom. The second kappa shape index (κ2) is 5.43. The van der Waals surface area contributed by atoms with Gasteiger partial charge in [-0.05, 0) is 37.3 Å². The van der Waals surface area contributed by atoms with Gasteiger partial charge in [-0.15, -0.1) is 0 Å². The van der Waals surface area contributed by atoms with E-state index in [1.54, 1.807) is 5.56 Å². The van der Waals surface area contributed by atoms with E-state index in [-0.39, 0.29) is 0 Å². The van der Waals surface area contributed by atoms with Crippen LogP contribution in [0.5, 0.6) is 0 Å². The molecule has 3 rings (SSSR count). The van der Waals surface area contributed by atoms with Crippen LogP contribution in [0.25, 0.3) is 0 Å². The molecule has 0 bridgehead atoms. The van der Waals surface area contributed by atoms with Gasteiger partial charge in [0.1, 0.15) is 0 Å². The Kier molecular flexibility index (Phi) is 3.69. The number of aryl methyl sites for hydroxylation is 1. The van der Waals surface area contributed by atoms with Crippen LogP contribution in [-0.2, 0) is 7.05 Å². The first kappa shape index (κ1) is 12.2. The van der Waals surface area contributed by atoms with E-state index >= 15 is 0 Å². The number of nitrogens with one attached hydrogen (secondary N) is 1. The Labute approximate surface area is 110 Å². The molecule has 0 aromatic carbocycles. The van der Waals surface area contributed by atoms with E-state index < -0.39 is 0 Å². The first-order valence-electron chi connectivity index (χ1n) is 7.59. The summed E-state index contributed by atoms with van der Waals surface area (Å²) in [4.78, 5) is 0. The topological polar surface area (TPSA) is 29.9 Å². The van der Waals surface area contributed by atoms with Crippen molar-refractivity contribution in [1.29, 1.82) is 0 Å². The van der Waals surface area contributed by atoms with E-state index in [0.29, 0.717) is 5.92 Å². The van der Waals surface area contributed by atoms with Gasteiger partial charge in [-0.25, -0.2) is 0 Å². The number of aromatic nitrogens is 2. The molecule has 1 aromatic rings. The highest BCUT2D eigenvalue weighted by atomic mass is 15.3. The van der Waals surface area contributed by atoms with Crippen molar-refractivity contribution in [1.82, 2.24) is 15.1 Å². The molecule has 0 amide bonds. The van der Waals surface area contributed by atoms with Gasteiger partial charge in [-0.2, -0.15) is 5.10 Å². The second-order valence-electron chi connectivity index (χ2n) is 5.99. The molecule has 1 aliphatic carbocycles. The van der Waals surface area contributed by atoms with Gasteiger partial charge >= 0.3 is 0 Å². The molecule has 0 radical (unpaired) electrons. The molecule has 1 saturated heterocycles. The van der Waals surface area contributed by atoms with Crippen LogP contribution in [-0.4, -0.2) is 22.9 Å². The highest BCUT2D eigenvalue weighted by molar-refractivity contribution is 5.27. The van der Waals surface area contributed by atoms with E-state index in [4.69, 9.17) is 0 Å². The maximum atomic E-state index is 4.56. The maximum Gasteiger partial charge on any atom is 0.0527 e. The average Bonchev–Trinajstić information content (AvgIpc) is 2.92. The minimum Gasteiger partial charge on any atom is -0.316 e. The monoisotopic (exact) mass is 247 g/mol. The lowest BCUT2D eigenvalue weighted by atomic mass is 9.88. The predicted octanol–water partition coefficient (Wildman–Crippen LogP) is 2.93. The van der Waals surface area contributed by atoms with E-state index in [1.165, 1.54) is 57.2 Å². The van der Waals surface area contributed by atoms with E-state index in [1.807, 2.05) is 0 Å². The molecule has 1 saturated carbocycles. The molecule has 1 N–H and O–H groups in total. The highest BCUT2D eigenvalue weighted by Crippen LogP contribution is 2.36. The molecule has 2 heterocycles. The standard InChI is InChI=1S/C15H25N3/c1-18-15(13-8-9-16-10-13)14(11-17-18)12-6-4-2-3-5-7-12/h11-13,16H,2-10H2,1H3. The Morgan fingerprint density at radius 1 is 1.11 bits per heavy atom. The Morgan fingerprint density at radius 3 is 2.56 bits per heavy atom. The van der Waals surface area contributed by atoms with Gasteiger partial charge in [0.25, 0.3) is 0 Å². The maximum absolute atomic E-state index is 4.56. The molecule has 2 fully saturated rings. The zero-order valence-corrected chi connectivity index (χ0v) is 11.5. The molecule has 100 valence electrons. The molecule has 1 aromatic heterocycles. The summed E-state index contributed by atoms with van der Waals surface area (Å²) in [7, 11) is 2.12. The predicted molar refractivity (Wildman–Crippen MR) is 73.9 cm³/mol. The average molecular weight is 247 g/mol. The molecule has 1 unspecified atom stereocenters. The number of hydrogen-bond donors (Lipinski definition) is 1. The highest BCUT2D eigenvalue weighted by Gasteiger charge is 2.27. The molecule has 3 heteroatoms. The van der Waals surface area contributed by atoms with Gasteiger partial charge in [-0.1, -0.05) is 25.7 Å². The number of rotatable bonds is 2. The third-order valence-corrected chi connectivity index (χ3v) is 4.76. The van der Waals surface area contributed by atoms with Crippen LogP contribution in [0.1, 0.15) is 68.0 Å². The Bertz CT molecular complexity index is 382. The Hall–Kier alpha value is -0.830. The van der Waals surface area contributed by atoms with Crippen LogP contribution in [0, 0.1) is 0 Å². The second-order valence-corrected chi connectivity index (χ2v) is 5.99. The smallest absolute Gasteiger partial charge is 0.0527 e. The largest absolute Gasteiger partial charge is 0.316 e. The van der Waals surface area contributed by atoms with Crippen LogP contribution < -0.4 is 5.32 Å². The van der Waals surface area contributed by atoms with Crippen LogP contribution >= 0.6 is 0 Å². The number of nitrogens with zero attached hydrogens (tertiary/aromatic N) is 2. The van der Waals surface area contributed by atoms with Gasteiger partial charge in [-0.3, -0.25) is 4.68 Å². The third-order valence-electron chi connectivity index (χ3n) is 4.76. The molecular weight excluding hydrogens is 222 g/mol. The molecule has 18 heavy (non-hydrogen) atoms. The lowest BCUT2D eigenvalue weighted by Gasteiger charge is -2.18. The zero-order chi connectivity index (χ0) is 12.4. The van der Waals surface area contributed by atoms with Gasteiger partial charge in [0.2, 0.25) is 0 Å². The molecular formula is C15H25N3. The minimum absolute atomic E-state index is 0.691. The van der Waals surface area contributed by atoms with Crippen LogP contribution in [0.4, 0.5) is 0 Å². The lowest BCUT2D eigenvalue weighted by molar-refractivity contribution is 0.567. The summed E-state index contributed by atoms with van der Waals surface area (Å²) < 4.78 is 2.14. The molecule has 0 spiro atoms. The van der Waals surface area contributed by atoms with Crippen molar-refractivity contribution in [3.8, 4) is 0 Å². The molecule has 2 aliphatic rings. The summed E-state index contributed by atoms with van der Waals surface area (Å²) >= 11 is 0. The third kappa shape index (κ3) is 2.33. The summed E-state index contributed by atoms with van der Waals surface area (Å²) in [5.74, 6) is 1.47. The van der Waals surface area contributed by atoms with Crippen LogP contribution in [0.15, 0.2) is 6.20 Å². The van der Waals surface area contributed by atoms with Crippen molar-refractivity contribution in [3.63, 3.8) is 0 Å². The fourth-order valence-electron chi connectivity index (χ4n) is 3.76. The minimum atomic E-state index is 0.691. The summed E-state index contributed by atoms with van der Waals surface area (Å²) in [6.45, 7) is 2.30. The summed E-state index contributed by atoms with van der Waals surface area (Å²) in [5, 5.41) is 8.05. The zero-order valence-electron chi connectivity index (χ0n) is 11.5. The van der Waals surface area contributed by atoms with Crippen LogP contribution in [0.2, 0.25) is 0 Å². The molecule has 1 aliphatic heterocycles. The van der Waals surface area contributed by atoms with Crippen molar-refractivity contribution in [2.75, 3.05) is 13.1 Å². The van der Waals surface area contributed by atoms with Crippen molar-refractivity contribution in [2.45, 2.75) is 56.8 Å². The van der Waals surface area contributed by atoms with Gasteiger partial charge in [0.05, 0.1) is 6.20 Å². The van der Waals surface area contributed by atoms with Gasteiger partial charge < -0.3 is 5.32 Å². The van der Waals surface area contributed by atoms with Crippen molar-refractivity contribution in [2.24, 2.45) is 7.05 Å². The van der Waals surface area contributed by atoms with E-state index in [2.05, 4.69) is 28.3 Å². The van der Waals surface area contributed by atoms with Crippen molar-refractivity contribution in [3.05, 3.63) is 17.5 Å². The normalized spacial score (nSPS) is 26.4. The summed E-state index contributed by atoms with van der Waals surface area (Å²) in [6.07, 6.45) is 11.8. The first-order chi connectivity index (χ1) is 8.86. The molecule has 1 atom stereocenters. The van der Waals surface area contributed by atoms with Gasteiger partial charge in [0.15, 0.2) is 0 Å². The first-order valence-corrected chi connectivity index (χ1v) is 7.59. The fraction of sp³-hybridized carbons (Fsp3) is 0.800. The SMILES string of the molecule is Cn1ncc(C2CCCCCC2)c1C1CCNC1. The van der Waals surface area contributed by atoms with Gasteiger partial charge in [0, 0.05) is 25.2 Å². The quantitative estimate of drug-likeness (QED) is 0.814. The summed E-state index contributed by atoms with van der Waals surface area (Å²) in [5.41, 5.74) is 3.08.